The Morgan fingerprint density at radius 1 is 1.45 bits per heavy atom. The lowest BCUT2D eigenvalue weighted by atomic mass is 9.42. The van der Waals surface area contributed by atoms with Gasteiger partial charge in [-0.05, 0) is 25.0 Å². The molecule has 0 bridgehead atoms. The maximum Gasteiger partial charge on any atom is 0.327 e. The van der Waals surface area contributed by atoms with Gasteiger partial charge in [0.1, 0.15) is 0 Å². The Balaban J connectivity index is 0.000000704. The molecule has 1 aliphatic rings. The third-order valence-electron chi connectivity index (χ3n) is 3.73. The van der Waals surface area contributed by atoms with Crippen molar-refractivity contribution in [1.82, 2.24) is 14.5 Å². The number of rotatable bonds is 1. The highest BCUT2D eigenvalue weighted by Gasteiger charge is 2.27. The SMILES string of the molecule is CC.N#CB1CCC(n2c(=O)[nH]c3ncccc32)CC1. The van der Waals surface area contributed by atoms with Gasteiger partial charge < -0.3 is 0 Å². The number of nitriles is 1. The fraction of sp³-hybridized carbons (Fsp3) is 0.500. The zero-order valence-electron chi connectivity index (χ0n) is 12.0. The first-order valence-electron chi connectivity index (χ1n) is 7.24. The van der Waals surface area contributed by atoms with Crippen LogP contribution in [0, 0.1) is 11.2 Å². The molecule has 104 valence electrons. The summed E-state index contributed by atoms with van der Waals surface area (Å²) in [5.74, 6) is 2.31. The summed E-state index contributed by atoms with van der Waals surface area (Å²) >= 11 is 0. The van der Waals surface area contributed by atoms with E-state index in [0.717, 1.165) is 31.0 Å². The molecule has 2 aromatic rings. The van der Waals surface area contributed by atoms with Crippen LogP contribution in [0.15, 0.2) is 23.1 Å². The molecule has 1 N–H and O–H groups in total. The fourth-order valence-electron chi connectivity index (χ4n) is 2.78. The van der Waals surface area contributed by atoms with Crippen LogP contribution >= 0.6 is 0 Å². The van der Waals surface area contributed by atoms with Gasteiger partial charge in [-0.2, -0.15) is 0 Å². The number of nitrogens with zero attached hydrogens (tertiary/aromatic N) is 3. The third kappa shape index (κ3) is 2.62. The molecule has 5 nitrogen and oxygen atoms in total. The van der Waals surface area contributed by atoms with Gasteiger partial charge in [0.25, 0.3) is 6.71 Å². The third-order valence-corrected chi connectivity index (χ3v) is 3.73. The molecule has 0 aliphatic carbocycles. The monoisotopic (exact) mass is 270 g/mol. The molecule has 1 aliphatic heterocycles. The van der Waals surface area contributed by atoms with E-state index < -0.39 is 0 Å². The van der Waals surface area contributed by atoms with Crippen molar-refractivity contribution >= 4 is 17.9 Å². The molecule has 6 heteroatoms. The lowest BCUT2D eigenvalue weighted by molar-refractivity contribution is 0.455. The van der Waals surface area contributed by atoms with Crippen molar-refractivity contribution in [3.8, 4) is 5.97 Å². The smallest absolute Gasteiger partial charge is 0.290 e. The molecule has 1 saturated heterocycles. The second kappa shape index (κ2) is 6.42. The molecule has 0 saturated carbocycles. The topological polar surface area (TPSA) is 74.5 Å². The minimum absolute atomic E-state index is 0.0934. The molecule has 0 atom stereocenters. The molecule has 3 heterocycles. The van der Waals surface area contributed by atoms with Gasteiger partial charge in [0.05, 0.1) is 5.52 Å². The van der Waals surface area contributed by atoms with Crippen molar-refractivity contribution in [3.05, 3.63) is 28.8 Å². The normalized spacial score (nSPS) is 15.6. The lowest BCUT2D eigenvalue weighted by Gasteiger charge is -2.24. The Bertz CT molecular complexity index is 662. The minimum atomic E-state index is -0.0934. The Hall–Kier alpha value is -2.03. The average Bonchev–Trinajstić information content (AvgIpc) is 2.85. The van der Waals surface area contributed by atoms with E-state index in [1.165, 1.54) is 0 Å². The van der Waals surface area contributed by atoms with Crippen LogP contribution in [0.4, 0.5) is 0 Å². The summed E-state index contributed by atoms with van der Waals surface area (Å²) in [7, 11) is 0. The quantitative estimate of drug-likeness (QED) is 0.809. The number of aromatic amines is 1. The van der Waals surface area contributed by atoms with Gasteiger partial charge in [0.15, 0.2) is 5.65 Å². The molecule has 1 fully saturated rings. The number of hydrogen-bond acceptors (Lipinski definition) is 3. The van der Waals surface area contributed by atoms with Crippen LogP contribution in [0.25, 0.3) is 11.2 Å². The summed E-state index contributed by atoms with van der Waals surface area (Å²) < 4.78 is 1.80. The predicted octanol–water partition coefficient (Wildman–Crippen LogP) is 2.64. The van der Waals surface area contributed by atoms with Crippen LogP contribution in [0.3, 0.4) is 0 Å². The molecule has 0 aromatic carbocycles. The first-order chi connectivity index (χ1) is 9.79. The summed E-state index contributed by atoms with van der Waals surface area (Å²) in [5.41, 5.74) is 1.41. The Morgan fingerprint density at radius 2 is 2.15 bits per heavy atom. The van der Waals surface area contributed by atoms with Crippen molar-refractivity contribution in [2.24, 2.45) is 0 Å². The number of pyridine rings is 1. The molecule has 2 aromatic heterocycles. The Kier molecular flexibility index (Phi) is 4.62. The lowest BCUT2D eigenvalue weighted by Crippen LogP contribution is -2.28. The molecule has 3 rings (SSSR count). The standard InChI is InChI=1S/C12H13BN4O.C2H6/c14-8-13-5-3-9(4-6-13)17-10-2-1-7-15-11(10)16-12(17)18;1-2/h1-2,7,9H,3-6H2,(H,15,16,18);1-2H3. The van der Waals surface area contributed by atoms with Gasteiger partial charge in [0, 0.05) is 18.2 Å². The first kappa shape index (κ1) is 14.4. The van der Waals surface area contributed by atoms with Crippen molar-refractivity contribution in [1.29, 1.82) is 5.26 Å². The maximum absolute atomic E-state index is 12.0. The van der Waals surface area contributed by atoms with E-state index >= 15 is 0 Å². The summed E-state index contributed by atoms with van der Waals surface area (Å²) in [4.78, 5) is 18.9. The fourth-order valence-corrected chi connectivity index (χ4v) is 2.78. The van der Waals surface area contributed by atoms with Crippen LogP contribution in [-0.2, 0) is 0 Å². The van der Waals surface area contributed by atoms with Gasteiger partial charge >= 0.3 is 5.69 Å². The van der Waals surface area contributed by atoms with Gasteiger partial charge in [-0.3, -0.25) is 9.55 Å². The number of fused-ring (bicyclic) bond motifs is 1. The van der Waals surface area contributed by atoms with Crippen LogP contribution in [-0.4, -0.2) is 21.2 Å². The molecular formula is C14H19BN4O. The van der Waals surface area contributed by atoms with E-state index in [9.17, 15) is 4.79 Å². The summed E-state index contributed by atoms with van der Waals surface area (Å²) in [6.45, 7) is 4.15. The zero-order valence-corrected chi connectivity index (χ0v) is 12.0. The van der Waals surface area contributed by atoms with Crippen molar-refractivity contribution in [2.75, 3.05) is 0 Å². The van der Waals surface area contributed by atoms with E-state index in [1.54, 1.807) is 10.8 Å². The highest BCUT2D eigenvalue weighted by molar-refractivity contribution is 6.67. The van der Waals surface area contributed by atoms with E-state index in [4.69, 9.17) is 5.26 Å². The van der Waals surface area contributed by atoms with E-state index in [1.807, 2.05) is 26.0 Å². The van der Waals surface area contributed by atoms with Gasteiger partial charge in [-0.15, -0.1) is 0 Å². The summed E-state index contributed by atoms with van der Waals surface area (Å²) in [6.07, 6.45) is 5.20. The van der Waals surface area contributed by atoms with Crippen LogP contribution < -0.4 is 5.69 Å². The van der Waals surface area contributed by atoms with Crippen LogP contribution in [0.5, 0.6) is 0 Å². The summed E-state index contributed by atoms with van der Waals surface area (Å²) in [5, 5.41) is 8.90. The van der Waals surface area contributed by atoms with Crippen molar-refractivity contribution in [3.63, 3.8) is 0 Å². The van der Waals surface area contributed by atoms with E-state index in [2.05, 4.69) is 15.9 Å². The average molecular weight is 270 g/mol. The second-order valence-corrected chi connectivity index (χ2v) is 4.81. The number of nitrogens with one attached hydrogen (secondary N) is 1. The molecule has 0 amide bonds. The Morgan fingerprint density at radius 3 is 2.80 bits per heavy atom. The van der Waals surface area contributed by atoms with Crippen molar-refractivity contribution < 1.29 is 0 Å². The van der Waals surface area contributed by atoms with Crippen LogP contribution in [0.1, 0.15) is 32.7 Å². The number of imidazole rings is 1. The highest BCUT2D eigenvalue weighted by atomic mass is 16.1. The number of aromatic nitrogens is 3. The summed E-state index contributed by atoms with van der Waals surface area (Å²) in [6, 6.07) is 3.95. The predicted molar refractivity (Wildman–Crippen MR) is 81.0 cm³/mol. The number of H-pyrrole nitrogens is 1. The maximum atomic E-state index is 12.0. The van der Waals surface area contributed by atoms with E-state index in [-0.39, 0.29) is 18.4 Å². The highest BCUT2D eigenvalue weighted by Crippen LogP contribution is 2.29. The first-order valence-corrected chi connectivity index (χ1v) is 7.24. The van der Waals surface area contributed by atoms with E-state index in [0.29, 0.717) is 5.65 Å². The molecule has 0 spiro atoms. The molecule has 0 radical (unpaired) electrons. The minimum Gasteiger partial charge on any atom is -0.290 e. The van der Waals surface area contributed by atoms with Gasteiger partial charge in [-0.25, -0.2) is 15.0 Å². The van der Waals surface area contributed by atoms with Crippen molar-refractivity contribution in [2.45, 2.75) is 45.4 Å². The largest absolute Gasteiger partial charge is 0.327 e. The molecular weight excluding hydrogens is 251 g/mol. The molecule has 20 heavy (non-hydrogen) atoms. The van der Waals surface area contributed by atoms with Crippen LogP contribution in [0.2, 0.25) is 12.6 Å². The van der Waals surface area contributed by atoms with Gasteiger partial charge in [0.2, 0.25) is 0 Å². The Labute approximate surface area is 118 Å². The zero-order chi connectivity index (χ0) is 14.5. The van der Waals surface area contributed by atoms with Gasteiger partial charge in [-0.1, -0.05) is 26.5 Å². The number of hydrogen-bond donors (Lipinski definition) is 1. The molecule has 0 unspecified atom stereocenters. The second-order valence-electron chi connectivity index (χ2n) is 4.81.